The van der Waals surface area contributed by atoms with E-state index < -0.39 is 6.10 Å². The zero-order valence-corrected chi connectivity index (χ0v) is 10.1. The summed E-state index contributed by atoms with van der Waals surface area (Å²) in [4.78, 5) is 0. The number of aliphatic hydroxyl groups is 1. The molecular weight excluding hydrogens is 224 g/mol. The highest BCUT2D eigenvalue weighted by atomic mass is 16.3. The van der Waals surface area contributed by atoms with Crippen LogP contribution in [0.3, 0.4) is 0 Å². The molecule has 1 N–H and O–H groups in total. The third-order valence-corrected chi connectivity index (χ3v) is 3.32. The molecule has 90 valence electrons. The minimum atomic E-state index is -0.644. The monoisotopic (exact) mass is 238 g/mol. The predicted molar refractivity (Wildman–Crippen MR) is 71.5 cm³/mol. The number of aryl methyl sites for hydroxylation is 1. The van der Waals surface area contributed by atoms with E-state index in [0.717, 1.165) is 27.5 Å². The third kappa shape index (κ3) is 1.71. The van der Waals surface area contributed by atoms with Crippen LogP contribution in [0.5, 0.6) is 0 Å². The maximum absolute atomic E-state index is 10.5. The Labute approximate surface area is 105 Å². The fraction of sp³-hybridized carbons (Fsp3) is 0.125. The second-order valence-electron chi connectivity index (χ2n) is 4.48. The molecule has 0 spiro atoms. The molecule has 3 rings (SSSR count). The van der Waals surface area contributed by atoms with Gasteiger partial charge in [-0.05, 0) is 34.9 Å². The van der Waals surface area contributed by atoms with Gasteiger partial charge in [0.25, 0.3) is 0 Å². The summed E-state index contributed by atoms with van der Waals surface area (Å²) in [7, 11) is 0. The van der Waals surface area contributed by atoms with Gasteiger partial charge in [0.1, 0.15) is 6.10 Å². The summed E-state index contributed by atoms with van der Waals surface area (Å²) in [5.74, 6) is 0. The van der Waals surface area contributed by atoms with Crippen molar-refractivity contribution in [2.24, 2.45) is 0 Å². The van der Waals surface area contributed by atoms with Gasteiger partial charge in [-0.1, -0.05) is 36.4 Å². The largest absolute Gasteiger partial charge is 0.472 e. The van der Waals surface area contributed by atoms with Gasteiger partial charge >= 0.3 is 0 Å². The topological polar surface area (TPSA) is 33.4 Å². The van der Waals surface area contributed by atoms with Crippen LogP contribution >= 0.6 is 0 Å². The van der Waals surface area contributed by atoms with Crippen molar-refractivity contribution in [2.45, 2.75) is 13.0 Å². The van der Waals surface area contributed by atoms with Crippen LogP contribution in [0, 0.1) is 6.92 Å². The van der Waals surface area contributed by atoms with Crippen LogP contribution in [0.25, 0.3) is 10.8 Å². The van der Waals surface area contributed by atoms with Crippen LogP contribution < -0.4 is 0 Å². The van der Waals surface area contributed by atoms with Crippen molar-refractivity contribution in [3.63, 3.8) is 0 Å². The van der Waals surface area contributed by atoms with E-state index in [1.807, 2.05) is 31.2 Å². The molecule has 0 aliphatic rings. The Kier molecular flexibility index (Phi) is 2.65. The van der Waals surface area contributed by atoms with Crippen molar-refractivity contribution >= 4 is 10.8 Å². The zero-order chi connectivity index (χ0) is 12.5. The van der Waals surface area contributed by atoms with Gasteiger partial charge < -0.3 is 9.52 Å². The average Bonchev–Trinajstić information content (AvgIpc) is 2.92. The molecule has 0 aliphatic heterocycles. The number of rotatable bonds is 2. The summed E-state index contributed by atoms with van der Waals surface area (Å²) in [6, 6.07) is 14.0. The molecule has 0 radical (unpaired) electrons. The summed E-state index contributed by atoms with van der Waals surface area (Å²) < 4.78 is 5.05. The Hall–Kier alpha value is -2.06. The Balaban J connectivity index is 2.24. The molecule has 1 atom stereocenters. The molecule has 1 unspecified atom stereocenters. The molecule has 1 aromatic heterocycles. The van der Waals surface area contributed by atoms with Gasteiger partial charge in [0, 0.05) is 5.56 Å². The highest BCUT2D eigenvalue weighted by Crippen LogP contribution is 2.31. The Morgan fingerprint density at radius 2 is 1.89 bits per heavy atom. The lowest BCUT2D eigenvalue weighted by atomic mass is 9.93. The first-order valence-corrected chi connectivity index (χ1v) is 5.96. The normalized spacial score (nSPS) is 12.8. The van der Waals surface area contributed by atoms with Gasteiger partial charge in [0.2, 0.25) is 0 Å². The summed E-state index contributed by atoms with van der Waals surface area (Å²) in [6.45, 7) is 2.02. The molecule has 0 amide bonds. The molecular formula is C16H14O2. The first-order valence-electron chi connectivity index (χ1n) is 5.96. The molecule has 2 aromatic carbocycles. The molecule has 18 heavy (non-hydrogen) atoms. The fourth-order valence-electron chi connectivity index (χ4n) is 2.36. The first kappa shape index (κ1) is 11.1. The minimum absolute atomic E-state index is 0.644. The smallest absolute Gasteiger partial charge is 0.108 e. The van der Waals surface area contributed by atoms with Crippen molar-refractivity contribution in [3.8, 4) is 0 Å². The van der Waals surface area contributed by atoms with Crippen LogP contribution in [0.4, 0.5) is 0 Å². The quantitative estimate of drug-likeness (QED) is 0.736. The van der Waals surface area contributed by atoms with E-state index in [1.54, 1.807) is 18.6 Å². The molecule has 2 heteroatoms. The molecule has 0 fully saturated rings. The molecule has 2 nitrogen and oxygen atoms in total. The first-order chi connectivity index (χ1) is 8.77. The fourth-order valence-corrected chi connectivity index (χ4v) is 2.36. The SMILES string of the molecule is Cc1ccc2ccccc2c1C(O)c1ccoc1. The van der Waals surface area contributed by atoms with Crippen LogP contribution in [0.1, 0.15) is 22.8 Å². The third-order valence-electron chi connectivity index (χ3n) is 3.32. The van der Waals surface area contributed by atoms with Crippen molar-refractivity contribution < 1.29 is 9.52 Å². The Morgan fingerprint density at radius 3 is 2.67 bits per heavy atom. The van der Waals surface area contributed by atoms with Crippen LogP contribution in [-0.4, -0.2) is 5.11 Å². The van der Waals surface area contributed by atoms with Crippen LogP contribution in [0.15, 0.2) is 59.4 Å². The van der Waals surface area contributed by atoms with Gasteiger partial charge in [-0.2, -0.15) is 0 Å². The lowest BCUT2D eigenvalue weighted by Crippen LogP contribution is -2.01. The van der Waals surface area contributed by atoms with E-state index in [4.69, 9.17) is 4.42 Å². The lowest BCUT2D eigenvalue weighted by Gasteiger charge is -2.15. The van der Waals surface area contributed by atoms with E-state index in [9.17, 15) is 5.11 Å². The summed E-state index contributed by atoms with van der Waals surface area (Å²) in [6.07, 6.45) is 2.53. The highest BCUT2D eigenvalue weighted by molar-refractivity contribution is 5.87. The summed E-state index contributed by atoms with van der Waals surface area (Å²) in [5, 5.41) is 12.7. The summed E-state index contributed by atoms with van der Waals surface area (Å²) in [5.41, 5.74) is 2.83. The molecule has 0 saturated carbocycles. The van der Waals surface area contributed by atoms with Crippen molar-refractivity contribution in [1.29, 1.82) is 0 Å². The molecule has 0 aliphatic carbocycles. The van der Waals surface area contributed by atoms with Gasteiger partial charge in [-0.25, -0.2) is 0 Å². The zero-order valence-electron chi connectivity index (χ0n) is 10.1. The van der Waals surface area contributed by atoms with Crippen molar-refractivity contribution in [1.82, 2.24) is 0 Å². The van der Waals surface area contributed by atoms with Gasteiger partial charge in [-0.3, -0.25) is 0 Å². The summed E-state index contributed by atoms with van der Waals surface area (Å²) >= 11 is 0. The highest BCUT2D eigenvalue weighted by Gasteiger charge is 2.16. The Bertz CT molecular complexity index is 669. The lowest BCUT2D eigenvalue weighted by molar-refractivity contribution is 0.220. The average molecular weight is 238 g/mol. The Morgan fingerprint density at radius 1 is 1.06 bits per heavy atom. The minimum Gasteiger partial charge on any atom is -0.472 e. The van der Waals surface area contributed by atoms with Gasteiger partial charge in [0.05, 0.1) is 12.5 Å². The number of hydrogen-bond acceptors (Lipinski definition) is 2. The molecule has 3 aromatic rings. The van der Waals surface area contributed by atoms with E-state index in [1.165, 1.54) is 0 Å². The molecule has 0 bridgehead atoms. The second-order valence-corrected chi connectivity index (χ2v) is 4.48. The van der Waals surface area contributed by atoms with E-state index in [2.05, 4.69) is 12.1 Å². The molecule has 1 heterocycles. The number of hydrogen-bond donors (Lipinski definition) is 1. The second kappa shape index (κ2) is 4.31. The van der Waals surface area contributed by atoms with E-state index in [0.29, 0.717) is 0 Å². The van der Waals surface area contributed by atoms with E-state index >= 15 is 0 Å². The maximum Gasteiger partial charge on any atom is 0.108 e. The standard InChI is InChI=1S/C16H14O2/c1-11-6-7-12-4-2-3-5-14(12)15(11)16(17)13-8-9-18-10-13/h2-10,16-17H,1H3. The number of aliphatic hydroxyl groups excluding tert-OH is 1. The molecule has 0 saturated heterocycles. The maximum atomic E-state index is 10.5. The number of furan rings is 1. The van der Waals surface area contributed by atoms with Gasteiger partial charge in [0.15, 0.2) is 0 Å². The number of fused-ring (bicyclic) bond motifs is 1. The number of benzene rings is 2. The van der Waals surface area contributed by atoms with Crippen molar-refractivity contribution in [3.05, 3.63) is 71.7 Å². The van der Waals surface area contributed by atoms with Crippen molar-refractivity contribution in [2.75, 3.05) is 0 Å². The van der Waals surface area contributed by atoms with Crippen LogP contribution in [-0.2, 0) is 0 Å². The van der Waals surface area contributed by atoms with E-state index in [-0.39, 0.29) is 0 Å². The van der Waals surface area contributed by atoms with Gasteiger partial charge in [-0.15, -0.1) is 0 Å². The predicted octanol–water partition coefficient (Wildman–Crippen LogP) is 3.82. The van der Waals surface area contributed by atoms with Crippen LogP contribution in [0.2, 0.25) is 0 Å².